The Morgan fingerprint density at radius 1 is 1.64 bits per heavy atom. The van der Waals surface area contributed by atoms with Crippen molar-refractivity contribution in [2.24, 2.45) is 0 Å². The van der Waals surface area contributed by atoms with Crippen LogP contribution in [0.4, 0.5) is 4.79 Å². The summed E-state index contributed by atoms with van der Waals surface area (Å²) in [5.74, 6) is 0. The predicted molar refractivity (Wildman–Crippen MR) is 38.9 cm³/mol. The molecule has 4 heteroatoms. The first-order valence-corrected chi connectivity index (χ1v) is 3.71. The molecule has 1 amide bonds. The average Bonchev–Trinajstić information content (AvgIpc) is 2.07. The van der Waals surface area contributed by atoms with E-state index in [-0.39, 0.29) is 12.1 Å². The van der Waals surface area contributed by atoms with E-state index >= 15 is 0 Å². The van der Waals surface area contributed by atoms with Crippen molar-refractivity contribution >= 4 is 6.09 Å². The molecule has 0 radical (unpaired) electrons. The van der Waals surface area contributed by atoms with Gasteiger partial charge in [-0.05, 0) is 20.8 Å². The molecule has 1 heterocycles. The molecule has 0 bridgehead atoms. The van der Waals surface area contributed by atoms with Crippen molar-refractivity contribution in [1.29, 1.82) is 0 Å². The number of aliphatic hydroxyl groups is 1. The van der Waals surface area contributed by atoms with Crippen LogP contribution >= 0.6 is 0 Å². The fourth-order valence-corrected chi connectivity index (χ4v) is 1.25. The topological polar surface area (TPSA) is 49.8 Å². The Balaban J connectivity index is 2.71. The van der Waals surface area contributed by atoms with Gasteiger partial charge in [0.05, 0.1) is 6.04 Å². The van der Waals surface area contributed by atoms with Crippen LogP contribution in [-0.4, -0.2) is 34.5 Å². The third kappa shape index (κ3) is 1.30. The highest BCUT2D eigenvalue weighted by atomic mass is 16.7. The van der Waals surface area contributed by atoms with Crippen molar-refractivity contribution in [3.05, 3.63) is 0 Å². The lowest BCUT2D eigenvalue weighted by Crippen LogP contribution is -2.39. The molecule has 4 nitrogen and oxygen atoms in total. The molecular weight excluding hydrogens is 146 g/mol. The summed E-state index contributed by atoms with van der Waals surface area (Å²) in [4.78, 5) is 12.5. The van der Waals surface area contributed by atoms with E-state index in [1.54, 1.807) is 6.92 Å². The van der Waals surface area contributed by atoms with Crippen LogP contribution in [0.2, 0.25) is 0 Å². The third-order valence-electron chi connectivity index (χ3n) is 1.84. The van der Waals surface area contributed by atoms with Gasteiger partial charge in [-0.3, -0.25) is 4.90 Å². The number of hydrogen-bond donors (Lipinski definition) is 1. The molecule has 2 unspecified atom stereocenters. The number of carbonyl (C=O) groups is 1. The molecule has 0 spiro atoms. The first kappa shape index (κ1) is 8.33. The molecule has 2 atom stereocenters. The Morgan fingerprint density at radius 3 is 2.36 bits per heavy atom. The molecular formula is C7H13NO3. The molecule has 0 aliphatic carbocycles. The summed E-state index contributed by atoms with van der Waals surface area (Å²) < 4.78 is 4.59. The maximum Gasteiger partial charge on any atom is 0.412 e. The fraction of sp³-hybridized carbons (Fsp3) is 0.857. The van der Waals surface area contributed by atoms with Crippen LogP contribution in [0.25, 0.3) is 0 Å². The monoisotopic (exact) mass is 159 g/mol. The van der Waals surface area contributed by atoms with Gasteiger partial charge in [0.25, 0.3) is 0 Å². The van der Waals surface area contributed by atoms with Gasteiger partial charge in [-0.1, -0.05) is 0 Å². The molecule has 1 aliphatic rings. The van der Waals surface area contributed by atoms with Gasteiger partial charge >= 0.3 is 6.09 Å². The molecule has 0 saturated carbocycles. The van der Waals surface area contributed by atoms with E-state index in [1.807, 2.05) is 13.8 Å². The molecule has 1 aliphatic heterocycles. The summed E-state index contributed by atoms with van der Waals surface area (Å²) in [6, 6.07) is -0.155. The lowest BCUT2D eigenvalue weighted by atomic mass is 10.2. The summed E-state index contributed by atoms with van der Waals surface area (Å²) in [7, 11) is 0. The van der Waals surface area contributed by atoms with Crippen LogP contribution in [0.5, 0.6) is 0 Å². The number of rotatable bonds is 1. The Morgan fingerprint density at radius 2 is 2.18 bits per heavy atom. The molecule has 1 rings (SSSR count). The standard InChI is InChI=1S/C7H13NO3/c1-4(2)8-5(3)6(9)11-7(8)10/h4-6,9H,1-3H3. The molecule has 64 valence electrons. The zero-order valence-electron chi connectivity index (χ0n) is 6.94. The second kappa shape index (κ2) is 2.70. The smallest absolute Gasteiger partial charge is 0.412 e. The van der Waals surface area contributed by atoms with Crippen molar-refractivity contribution < 1.29 is 14.6 Å². The zero-order valence-corrected chi connectivity index (χ0v) is 6.94. The third-order valence-corrected chi connectivity index (χ3v) is 1.84. The number of cyclic esters (lactones) is 1. The number of amides is 1. The van der Waals surface area contributed by atoms with Crippen molar-refractivity contribution in [3.63, 3.8) is 0 Å². The van der Waals surface area contributed by atoms with E-state index in [4.69, 9.17) is 5.11 Å². The lowest BCUT2D eigenvalue weighted by Gasteiger charge is -2.22. The predicted octanol–water partition coefficient (Wildman–Crippen LogP) is 0.554. The maximum atomic E-state index is 11.0. The molecule has 11 heavy (non-hydrogen) atoms. The number of hydrogen-bond acceptors (Lipinski definition) is 3. The second-order valence-electron chi connectivity index (χ2n) is 3.02. The maximum absolute atomic E-state index is 11.0. The highest BCUT2D eigenvalue weighted by molar-refractivity contribution is 5.70. The average molecular weight is 159 g/mol. The first-order valence-electron chi connectivity index (χ1n) is 3.71. The van der Waals surface area contributed by atoms with E-state index in [0.29, 0.717) is 0 Å². The Hall–Kier alpha value is -0.770. The minimum absolute atomic E-state index is 0.0784. The van der Waals surface area contributed by atoms with Gasteiger partial charge in [0, 0.05) is 6.04 Å². The van der Waals surface area contributed by atoms with Gasteiger partial charge in [-0.25, -0.2) is 4.79 Å². The largest absolute Gasteiger partial charge is 0.417 e. The fourth-order valence-electron chi connectivity index (χ4n) is 1.25. The SMILES string of the molecule is CC(C)N1C(=O)OC(O)C1C. The summed E-state index contributed by atoms with van der Waals surface area (Å²) in [5, 5.41) is 9.10. The number of carbonyl (C=O) groups excluding carboxylic acids is 1. The molecule has 1 fully saturated rings. The lowest BCUT2D eigenvalue weighted by molar-refractivity contribution is -0.0351. The van der Waals surface area contributed by atoms with E-state index in [2.05, 4.69) is 4.74 Å². The number of aliphatic hydroxyl groups excluding tert-OH is 1. The molecule has 0 aromatic heterocycles. The summed E-state index contributed by atoms with van der Waals surface area (Å²) in [6.07, 6.45) is -1.40. The zero-order chi connectivity index (χ0) is 8.59. The van der Waals surface area contributed by atoms with E-state index < -0.39 is 12.4 Å². The quantitative estimate of drug-likeness (QED) is 0.608. The summed E-state index contributed by atoms with van der Waals surface area (Å²) >= 11 is 0. The van der Waals surface area contributed by atoms with Crippen molar-refractivity contribution in [2.45, 2.75) is 39.1 Å². The normalized spacial score (nSPS) is 31.4. The van der Waals surface area contributed by atoms with Gasteiger partial charge in [0.2, 0.25) is 6.29 Å². The van der Waals surface area contributed by atoms with Crippen LogP contribution in [0, 0.1) is 0 Å². The number of nitrogens with zero attached hydrogens (tertiary/aromatic N) is 1. The van der Waals surface area contributed by atoms with E-state index in [9.17, 15) is 4.79 Å². The minimum Gasteiger partial charge on any atom is -0.417 e. The summed E-state index contributed by atoms with van der Waals surface area (Å²) in [5.41, 5.74) is 0. The van der Waals surface area contributed by atoms with Gasteiger partial charge in [-0.15, -0.1) is 0 Å². The Bertz CT molecular complexity index is 169. The highest BCUT2D eigenvalue weighted by Crippen LogP contribution is 2.19. The highest BCUT2D eigenvalue weighted by Gasteiger charge is 2.38. The molecule has 1 saturated heterocycles. The van der Waals surface area contributed by atoms with Gasteiger partial charge in [-0.2, -0.15) is 0 Å². The molecule has 1 N–H and O–H groups in total. The van der Waals surface area contributed by atoms with Crippen LogP contribution in [0.15, 0.2) is 0 Å². The first-order chi connectivity index (χ1) is 5.04. The van der Waals surface area contributed by atoms with Gasteiger partial charge < -0.3 is 9.84 Å². The Kier molecular flexibility index (Phi) is 2.04. The summed E-state index contributed by atoms with van der Waals surface area (Å²) in [6.45, 7) is 5.53. The van der Waals surface area contributed by atoms with Crippen molar-refractivity contribution in [3.8, 4) is 0 Å². The van der Waals surface area contributed by atoms with Gasteiger partial charge in [0.15, 0.2) is 0 Å². The molecule has 0 aromatic rings. The van der Waals surface area contributed by atoms with Crippen LogP contribution < -0.4 is 0 Å². The number of ether oxygens (including phenoxy) is 1. The molecule has 0 aromatic carbocycles. The van der Waals surface area contributed by atoms with Crippen molar-refractivity contribution in [2.75, 3.05) is 0 Å². The van der Waals surface area contributed by atoms with Crippen LogP contribution in [0.1, 0.15) is 20.8 Å². The van der Waals surface area contributed by atoms with Crippen molar-refractivity contribution in [1.82, 2.24) is 4.90 Å². The Labute approximate surface area is 65.8 Å². The van der Waals surface area contributed by atoms with Crippen LogP contribution in [-0.2, 0) is 4.74 Å². The minimum atomic E-state index is -0.968. The van der Waals surface area contributed by atoms with E-state index in [1.165, 1.54) is 4.90 Å². The van der Waals surface area contributed by atoms with Gasteiger partial charge in [0.1, 0.15) is 0 Å². The van der Waals surface area contributed by atoms with E-state index in [0.717, 1.165) is 0 Å². The second-order valence-corrected chi connectivity index (χ2v) is 3.02. The van der Waals surface area contributed by atoms with Crippen LogP contribution in [0.3, 0.4) is 0 Å².